The van der Waals surface area contributed by atoms with E-state index in [1.54, 1.807) is 7.11 Å². The molecular formula is C21H24N4O2S. The number of aromatic nitrogens is 3. The van der Waals surface area contributed by atoms with Gasteiger partial charge in [-0.2, -0.15) is 0 Å². The third-order valence-electron chi connectivity index (χ3n) is 4.50. The Bertz CT molecular complexity index is 967. The Morgan fingerprint density at radius 2 is 1.86 bits per heavy atom. The van der Waals surface area contributed by atoms with Crippen molar-refractivity contribution >= 4 is 23.4 Å². The van der Waals surface area contributed by atoms with E-state index in [-0.39, 0.29) is 11.7 Å². The van der Waals surface area contributed by atoms with Gasteiger partial charge >= 0.3 is 0 Å². The molecule has 0 atom stereocenters. The maximum absolute atomic E-state index is 12.3. The van der Waals surface area contributed by atoms with Gasteiger partial charge in [0, 0.05) is 17.8 Å². The molecule has 1 heterocycles. The summed E-state index contributed by atoms with van der Waals surface area (Å²) in [6.07, 6.45) is 0. The number of hydrogen-bond acceptors (Lipinski definition) is 5. The molecule has 0 aliphatic heterocycles. The fraction of sp³-hybridized carbons (Fsp3) is 0.286. The first kappa shape index (κ1) is 19.9. The number of ether oxygens (including phenoxy) is 1. The zero-order valence-electron chi connectivity index (χ0n) is 16.5. The number of nitrogens with one attached hydrogen (secondary N) is 1. The topological polar surface area (TPSA) is 69.0 Å². The predicted octanol–water partition coefficient (Wildman–Crippen LogP) is 4.32. The van der Waals surface area contributed by atoms with Gasteiger partial charge in [0.05, 0.1) is 12.9 Å². The molecule has 0 radical (unpaired) electrons. The van der Waals surface area contributed by atoms with E-state index >= 15 is 0 Å². The molecule has 3 aromatic rings. The molecule has 0 saturated heterocycles. The highest BCUT2D eigenvalue weighted by molar-refractivity contribution is 7.99. The highest BCUT2D eigenvalue weighted by Crippen LogP contribution is 2.25. The molecule has 1 amide bonds. The number of benzene rings is 2. The highest BCUT2D eigenvalue weighted by atomic mass is 32.2. The number of thioether (sulfide) groups is 1. The van der Waals surface area contributed by atoms with Crippen LogP contribution in [0, 0.1) is 13.8 Å². The van der Waals surface area contributed by atoms with Crippen LogP contribution in [0.25, 0.3) is 11.4 Å². The van der Waals surface area contributed by atoms with E-state index in [1.165, 1.54) is 17.3 Å². The van der Waals surface area contributed by atoms with Crippen LogP contribution < -0.4 is 10.1 Å². The average Bonchev–Trinajstić information content (AvgIpc) is 3.12. The number of anilines is 1. The first-order valence-corrected chi connectivity index (χ1v) is 10.1. The smallest absolute Gasteiger partial charge is 0.234 e. The van der Waals surface area contributed by atoms with Crippen LogP contribution in [-0.4, -0.2) is 33.5 Å². The molecule has 6 nitrogen and oxygen atoms in total. The minimum atomic E-state index is -0.0649. The lowest BCUT2D eigenvalue weighted by Gasteiger charge is -2.09. The number of hydrogen-bond donors (Lipinski definition) is 1. The summed E-state index contributed by atoms with van der Waals surface area (Å²) >= 11 is 1.38. The number of nitrogens with zero attached hydrogens (tertiary/aromatic N) is 3. The van der Waals surface area contributed by atoms with Crippen molar-refractivity contribution in [1.29, 1.82) is 0 Å². The minimum Gasteiger partial charge on any atom is -0.497 e. The Balaban J connectivity index is 1.67. The van der Waals surface area contributed by atoms with Gasteiger partial charge in [-0.1, -0.05) is 17.8 Å². The Morgan fingerprint density at radius 1 is 1.11 bits per heavy atom. The van der Waals surface area contributed by atoms with Gasteiger partial charge in [0.2, 0.25) is 5.91 Å². The molecule has 28 heavy (non-hydrogen) atoms. The van der Waals surface area contributed by atoms with Crippen LogP contribution in [0.2, 0.25) is 0 Å². The quantitative estimate of drug-likeness (QED) is 0.602. The van der Waals surface area contributed by atoms with Crippen molar-refractivity contribution in [1.82, 2.24) is 14.8 Å². The number of carbonyl (C=O) groups is 1. The monoisotopic (exact) mass is 396 g/mol. The number of rotatable bonds is 7. The molecule has 0 aliphatic rings. The van der Waals surface area contributed by atoms with Crippen molar-refractivity contribution in [2.24, 2.45) is 0 Å². The molecular weight excluding hydrogens is 372 g/mol. The van der Waals surface area contributed by atoms with Crippen LogP contribution in [-0.2, 0) is 11.3 Å². The summed E-state index contributed by atoms with van der Waals surface area (Å²) in [6, 6.07) is 13.6. The van der Waals surface area contributed by atoms with Gasteiger partial charge in [-0.05, 0) is 68.3 Å². The predicted molar refractivity (Wildman–Crippen MR) is 113 cm³/mol. The summed E-state index contributed by atoms with van der Waals surface area (Å²) in [6.45, 7) is 6.84. The fourth-order valence-electron chi connectivity index (χ4n) is 2.78. The van der Waals surface area contributed by atoms with Crippen LogP contribution in [0.4, 0.5) is 5.69 Å². The fourth-order valence-corrected chi connectivity index (χ4v) is 3.58. The second-order valence-corrected chi connectivity index (χ2v) is 7.36. The van der Waals surface area contributed by atoms with E-state index in [0.717, 1.165) is 40.1 Å². The third kappa shape index (κ3) is 4.54. The largest absolute Gasteiger partial charge is 0.497 e. The van der Waals surface area contributed by atoms with Crippen LogP contribution in [0.15, 0.2) is 47.6 Å². The standard InChI is InChI=1S/C21H24N4O2S/c1-5-25-20(16-7-10-18(27-4)11-8-16)23-24-21(25)28-13-19(26)22-17-9-6-14(2)15(3)12-17/h6-12H,5,13H2,1-4H3,(H,22,26). The van der Waals surface area contributed by atoms with E-state index in [4.69, 9.17) is 4.74 Å². The Morgan fingerprint density at radius 3 is 2.50 bits per heavy atom. The Labute approximate surface area is 169 Å². The van der Waals surface area contributed by atoms with Gasteiger partial charge in [0.25, 0.3) is 0 Å². The van der Waals surface area contributed by atoms with Crippen molar-refractivity contribution in [3.8, 4) is 17.1 Å². The third-order valence-corrected chi connectivity index (χ3v) is 5.47. The number of methoxy groups -OCH3 is 1. The summed E-state index contributed by atoms with van der Waals surface area (Å²) in [4.78, 5) is 12.3. The first-order chi connectivity index (χ1) is 13.5. The van der Waals surface area contributed by atoms with Gasteiger partial charge in [0.15, 0.2) is 11.0 Å². The molecule has 0 saturated carbocycles. The summed E-state index contributed by atoms with van der Waals surface area (Å²) < 4.78 is 7.21. The summed E-state index contributed by atoms with van der Waals surface area (Å²) in [5.74, 6) is 1.78. The van der Waals surface area contributed by atoms with Crippen molar-refractivity contribution in [2.75, 3.05) is 18.2 Å². The molecule has 0 aliphatic carbocycles. The second-order valence-electron chi connectivity index (χ2n) is 6.41. The van der Waals surface area contributed by atoms with Crippen molar-refractivity contribution in [3.63, 3.8) is 0 Å². The lowest BCUT2D eigenvalue weighted by molar-refractivity contribution is -0.113. The molecule has 1 aromatic heterocycles. The lowest BCUT2D eigenvalue weighted by atomic mass is 10.1. The van der Waals surface area contributed by atoms with Crippen LogP contribution >= 0.6 is 11.8 Å². The Hall–Kier alpha value is -2.80. The van der Waals surface area contributed by atoms with E-state index < -0.39 is 0 Å². The minimum absolute atomic E-state index is 0.0649. The Kier molecular flexibility index (Phi) is 6.36. The molecule has 1 N–H and O–H groups in total. The lowest BCUT2D eigenvalue weighted by Crippen LogP contribution is -2.14. The normalized spacial score (nSPS) is 10.7. The van der Waals surface area contributed by atoms with Gasteiger partial charge < -0.3 is 14.6 Å². The van der Waals surface area contributed by atoms with Gasteiger partial charge in [-0.3, -0.25) is 4.79 Å². The summed E-state index contributed by atoms with van der Waals surface area (Å²) in [5.41, 5.74) is 4.13. The van der Waals surface area contributed by atoms with Gasteiger partial charge in [-0.25, -0.2) is 0 Å². The van der Waals surface area contributed by atoms with Crippen LogP contribution in [0.1, 0.15) is 18.1 Å². The van der Waals surface area contributed by atoms with E-state index in [9.17, 15) is 4.79 Å². The van der Waals surface area contributed by atoms with Crippen molar-refractivity contribution in [3.05, 3.63) is 53.6 Å². The molecule has 0 fully saturated rings. The van der Waals surface area contributed by atoms with Crippen molar-refractivity contribution in [2.45, 2.75) is 32.5 Å². The highest BCUT2D eigenvalue weighted by Gasteiger charge is 2.15. The van der Waals surface area contributed by atoms with E-state index in [1.807, 2.05) is 60.9 Å². The SMILES string of the molecule is CCn1c(SCC(=O)Nc2ccc(C)c(C)c2)nnc1-c1ccc(OC)cc1. The molecule has 0 unspecified atom stereocenters. The molecule has 2 aromatic carbocycles. The van der Waals surface area contributed by atoms with Crippen LogP contribution in [0.3, 0.4) is 0 Å². The van der Waals surface area contributed by atoms with Gasteiger partial charge in [-0.15, -0.1) is 10.2 Å². The van der Waals surface area contributed by atoms with Crippen LogP contribution in [0.5, 0.6) is 5.75 Å². The maximum Gasteiger partial charge on any atom is 0.234 e. The number of aryl methyl sites for hydroxylation is 2. The average molecular weight is 397 g/mol. The van der Waals surface area contributed by atoms with E-state index in [0.29, 0.717) is 0 Å². The molecule has 0 spiro atoms. The maximum atomic E-state index is 12.3. The van der Waals surface area contributed by atoms with Gasteiger partial charge in [0.1, 0.15) is 5.75 Å². The first-order valence-electron chi connectivity index (χ1n) is 9.09. The van der Waals surface area contributed by atoms with E-state index in [2.05, 4.69) is 22.4 Å². The summed E-state index contributed by atoms with van der Waals surface area (Å²) in [5, 5.41) is 12.3. The molecule has 3 rings (SSSR count). The molecule has 0 bridgehead atoms. The zero-order valence-corrected chi connectivity index (χ0v) is 17.3. The molecule has 7 heteroatoms. The second kappa shape index (κ2) is 8.93. The van der Waals surface area contributed by atoms with Crippen molar-refractivity contribution < 1.29 is 9.53 Å². The summed E-state index contributed by atoms with van der Waals surface area (Å²) in [7, 11) is 1.64. The molecule has 146 valence electrons. The number of carbonyl (C=O) groups excluding carboxylic acids is 1. The number of amides is 1. The zero-order chi connectivity index (χ0) is 20.1.